The summed E-state index contributed by atoms with van der Waals surface area (Å²) < 4.78 is 31.6. The lowest BCUT2D eigenvalue weighted by molar-refractivity contribution is 0.466. The second kappa shape index (κ2) is 4.15. The molecule has 3 N–H and O–H groups in total. The van der Waals surface area contributed by atoms with Crippen LogP contribution >= 0.6 is 0 Å². The molecular formula is C12H13NO4S. The maximum atomic E-state index is 11.2. The number of hydrogen-bond donors (Lipinski definition) is 3. The molecule has 0 atom stereocenters. The van der Waals surface area contributed by atoms with E-state index < -0.39 is 10.1 Å². The first-order valence-electron chi connectivity index (χ1n) is 5.27. The normalized spacial score (nSPS) is 11.7. The zero-order chi connectivity index (χ0) is 13.5. The summed E-state index contributed by atoms with van der Waals surface area (Å²) in [6.45, 7) is 1.45. The van der Waals surface area contributed by atoms with Gasteiger partial charge in [0.1, 0.15) is 10.6 Å². The third-order valence-electron chi connectivity index (χ3n) is 2.89. The average Bonchev–Trinajstić information content (AvgIpc) is 2.31. The fraction of sp³-hybridized carbons (Fsp3) is 0.167. The largest absolute Gasteiger partial charge is 0.507 e. The van der Waals surface area contributed by atoms with Crippen LogP contribution in [-0.2, 0) is 10.1 Å². The van der Waals surface area contributed by atoms with Crippen LogP contribution in [0.1, 0.15) is 5.56 Å². The first-order valence-corrected chi connectivity index (χ1v) is 6.71. The number of nitrogens with one attached hydrogen (secondary N) is 1. The van der Waals surface area contributed by atoms with Gasteiger partial charge in [0.15, 0.2) is 0 Å². The van der Waals surface area contributed by atoms with Crippen molar-refractivity contribution in [1.29, 1.82) is 0 Å². The fourth-order valence-corrected chi connectivity index (χ4v) is 2.74. The molecule has 0 saturated carbocycles. The summed E-state index contributed by atoms with van der Waals surface area (Å²) in [6.07, 6.45) is 0. The second-order valence-corrected chi connectivity index (χ2v) is 5.37. The first kappa shape index (κ1) is 12.7. The maximum Gasteiger partial charge on any atom is 0.294 e. The minimum Gasteiger partial charge on any atom is -0.507 e. The van der Waals surface area contributed by atoms with Crippen molar-refractivity contribution in [2.24, 2.45) is 0 Å². The molecule has 0 fully saturated rings. The molecule has 96 valence electrons. The van der Waals surface area contributed by atoms with Crippen molar-refractivity contribution in [2.45, 2.75) is 11.8 Å². The third kappa shape index (κ3) is 1.89. The Labute approximate surface area is 105 Å². The fourth-order valence-electron chi connectivity index (χ4n) is 1.98. The van der Waals surface area contributed by atoms with Crippen molar-refractivity contribution >= 4 is 26.6 Å². The van der Waals surface area contributed by atoms with Gasteiger partial charge in [0.05, 0.1) is 0 Å². The van der Waals surface area contributed by atoms with E-state index in [-0.39, 0.29) is 16.2 Å². The van der Waals surface area contributed by atoms with E-state index >= 15 is 0 Å². The quantitative estimate of drug-likeness (QED) is 0.726. The zero-order valence-electron chi connectivity index (χ0n) is 9.93. The second-order valence-electron chi connectivity index (χ2n) is 3.98. The highest BCUT2D eigenvalue weighted by molar-refractivity contribution is 7.85. The summed E-state index contributed by atoms with van der Waals surface area (Å²) in [4.78, 5) is -0.277. The van der Waals surface area contributed by atoms with Crippen molar-refractivity contribution in [1.82, 2.24) is 0 Å². The standard InChI is InChI=1S/C12H13NO4S/c1-7-10(18(15,16)17)6-8-4-3-5-9(13-2)11(8)12(7)14/h3-6,13-14H,1-2H3,(H,15,16,17). The Morgan fingerprint density at radius 2 is 1.94 bits per heavy atom. The number of rotatable bonds is 2. The van der Waals surface area contributed by atoms with Crippen LogP contribution in [0.3, 0.4) is 0 Å². The SMILES string of the molecule is CNc1cccc2cc(S(=O)(=O)O)c(C)c(O)c12. The van der Waals surface area contributed by atoms with E-state index in [0.29, 0.717) is 16.5 Å². The van der Waals surface area contributed by atoms with E-state index in [1.54, 1.807) is 25.2 Å². The van der Waals surface area contributed by atoms with Crippen molar-refractivity contribution in [3.63, 3.8) is 0 Å². The van der Waals surface area contributed by atoms with Gasteiger partial charge in [-0.2, -0.15) is 8.42 Å². The molecule has 0 saturated heterocycles. The van der Waals surface area contributed by atoms with Crippen LogP contribution in [0.15, 0.2) is 29.2 Å². The van der Waals surface area contributed by atoms with Crippen LogP contribution in [-0.4, -0.2) is 25.1 Å². The molecule has 18 heavy (non-hydrogen) atoms. The van der Waals surface area contributed by atoms with Crippen LogP contribution < -0.4 is 5.32 Å². The minimum absolute atomic E-state index is 0.132. The van der Waals surface area contributed by atoms with Crippen molar-refractivity contribution in [3.05, 3.63) is 29.8 Å². The lowest BCUT2D eigenvalue weighted by Gasteiger charge is -2.12. The molecule has 6 heteroatoms. The van der Waals surface area contributed by atoms with Crippen molar-refractivity contribution in [3.8, 4) is 5.75 Å². The molecule has 0 bridgehead atoms. The Balaban J connectivity index is 2.97. The van der Waals surface area contributed by atoms with Crippen LogP contribution in [0.25, 0.3) is 10.8 Å². The zero-order valence-corrected chi connectivity index (χ0v) is 10.7. The number of phenolic OH excluding ortho intramolecular Hbond substituents is 1. The maximum absolute atomic E-state index is 11.2. The molecule has 0 aliphatic rings. The summed E-state index contributed by atoms with van der Waals surface area (Å²) in [7, 11) is -2.64. The van der Waals surface area contributed by atoms with Gasteiger partial charge in [-0.05, 0) is 24.4 Å². The summed E-state index contributed by atoms with van der Waals surface area (Å²) in [6, 6.07) is 6.52. The Bertz CT molecular complexity index is 722. The Hall–Kier alpha value is -1.79. The molecule has 0 heterocycles. The van der Waals surface area contributed by atoms with Gasteiger partial charge >= 0.3 is 0 Å². The summed E-state index contributed by atoms with van der Waals surface area (Å²) in [5.41, 5.74) is 0.822. The number of hydrogen-bond acceptors (Lipinski definition) is 4. The monoisotopic (exact) mass is 267 g/mol. The molecule has 0 spiro atoms. The van der Waals surface area contributed by atoms with Gasteiger partial charge in [-0.15, -0.1) is 0 Å². The van der Waals surface area contributed by atoms with Gasteiger partial charge in [0.25, 0.3) is 10.1 Å². The van der Waals surface area contributed by atoms with Gasteiger partial charge in [-0.3, -0.25) is 4.55 Å². The highest BCUT2D eigenvalue weighted by atomic mass is 32.2. The molecule has 2 rings (SSSR count). The summed E-state index contributed by atoms with van der Waals surface area (Å²) in [5.74, 6) is -0.148. The van der Waals surface area contributed by atoms with E-state index in [2.05, 4.69) is 5.32 Å². The highest BCUT2D eigenvalue weighted by Gasteiger charge is 2.19. The number of benzene rings is 2. The Morgan fingerprint density at radius 3 is 2.50 bits per heavy atom. The predicted molar refractivity (Wildman–Crippen MR) is 69.7 cm³/mol. The van der Waals surface area contributed by atoms with Gasteiger partial charge in [-0.1, -0.05) is 12.1 Å². The smallest absolute Gasteiger partial charge is 0.294 e. The van der Waals surface area contributed by atoms with E-state index in [0.717, 1.165) is 0 Å². The van der Waals surface area contributed by atoms with Gasteiger partial charge in [0, 0.05) is 23.7 Å². The predicted octanol–water partition coefficient (Wildman–Crippen LogP) is 2.14. The van der Waals surface area contributed by atoms with Crippen molar-refractivity contribution in [2.75, 3.05) is 12.4 Å². The molecule has 2 aromatic carbocycles. The minimum atomic E-state index is -4.35. The van der Waals surface area contributed by atoms with Gasteiger partial charge < -0.3 is 10.4 Å². The highest BCUT2D eigenvalue weighted by Crippen LogP contribution is 2.37. The van der Waals surface area contributed by atoms with Crippen LogP contribution in [0.4, 0.5) is 5.69 Å². The Morgan fingerprint density at radius 1 is 1.28 bits per heavy atom. The van der Waals surface area contributed by atoms with E-state index in [1.807, 2.05) is 0 Å². The third-order valence-corrected chi connectivity index (χ3v) is 3.87. The van der Waals surface area contributed by atoms with Gasteiger partial charge in [-0.25, -0.2) is 0 Å². The van der Waals surface area contributed by atoms with E-state index in [9.17, 15) is 13.5 Å². The Kier molecular flexibility index (Phi) is 2.92. The van der Waals surface area contributed by atoms with E-state index in [1.165, 1.54) is 13.0 Å². The molecule has 0 aromatic heterocycles. The lowest BCUT2D eigenvalue weighted by atomic mass is 10.0. The summed E-state index contributed by atoms with van der Waals surface area (Å²) in [5, 5.41) is 14.1. The summed E-state index contributed by atoms with van der Waals surface area (Å²) >= 11 is 0. The molecule has 0 radical (unpaired) electrons. The van der Waals surface area contributed by atoms with Crippen LogP contribution in [0.5, 0.6) is 5.75 Å². The molecule has 0 amide bonds. The van der Waals surface area contributed by atoms with Crippen LogP contribution in [0.2, 0.25) is 0 Å². The number of fused-ring (bicyclic) bond motifs is 1. The number of aromatic hydroxyl groups is 1. The molecule has 2 aromatic rings. The van der Waals surface area contributed by atoms with Crippen LogP contribution in [0, 0.1) is 6.92 Å². The molecular weight excluding hydrogens is 254 g/mol. The topological polar surface area (TPSA) is 86.6 Å². The molecule has 0 aliphatic carbocycles. The molecule has 0 aliphatic heterocycles. The number of phenols is 1. The molecule has 0 unspecified atom stereocenters. The van der Waals surface area contributed by atoms with Gasteiger partial charge in [0.2, 0.25) is 0 Å². The van der Waals surface area contributed by atoms with E-state index in [4.69, 9.17) is 4.55 Å². The number of anilines is 1. The first-order chi connectivity index (χ1) is 8.36. The van der Waals surface area contributed by atoms with Crippen molar-refractivity contribution < 1.29 is 18.1 Å². The molecule has 5 nitrogen and oxygen atoms in total. The lowest BCUT2D eigenvalue weighted by Crippen LogP contribution is -2.02. The average molecular weight is 267 g/mol.